The van der Waals surface area contributed by atoms with E-state index in [1.807, 2.05) is 19.1 Å². The molecular formula is C20H30N4O. The molecule has 0 atom stereocenters. The van der Waals surface area contributed by atoms with Crippen LogP contribution in [-0.4, -0.2) is 68.2 Å². The lowest BCUT2D eigenvalue weighted by Crippen LogP contribution is -2.44. The van der Waals surface area contributed by atoms with Crippen molar-refractivity contribution in [2.75, 3.05) is 58.7 Å². The number of aromatic nitrogens is 1. The minimum atomic E-state index is 0.872. The molecular weight excluding hydrogens is 312 g/mol. The van der Waals surface area contributed by atoms with Gasteiger partial charge in [0.15, 0.2) is 0 Å². The van der Waals surface area contributed by atoms with Crippen molar-refractivity contribution >= 4 is 16.6 Å². The highest BCUT2D eigenvalue weighted by atomic mass is 16.5. The molecule has 0 spiro atoms. The molecule has 136 valence electrons. The van der Waals surface area contributed by atoms with Gasteiger partial charge < -0.3 is 19.9 Å². The van der Waals surface area contributed by atoms with Crippen LogP contribution < -0.4 is 10.1 Å². The molecule has 1 aliphatic heterocycles. The van der Waals surface area contributed by atoms with Crippen LogP contribution in [0.15, 0.2) is 24.3 Å². The van der Waals surface area contributed by atoms with Gasteiger partial charge in [0.1, 0.15) is 5.75 Å². The van der Waals surface area contributed by atoms with E-state index >= 15 is 0 Å². The number of hydrogen-bond donors (Lipinski definition) is 1. The first-order valence-electron chi connectivity index (χ1n) is 9.26. The Hall–Kier alpha value is -1.85. The van der Waals surface area contributed by atoms with E-state index in [1.54, 1.807) is 7.11 Å². The lowest BCUT2D eigenvalue weighted by molar-refractivity contribution is 0.152. The highest BCUT2D eigenvalue weighted by molar-refractivity contribution is 5.92. The molecule has 5 nitrogen and oxygen atoms in total. The number of methoxy groups -OCH3 is 1. The second kappa shape index (κ2) is 8.50. The number of piperazine rings is 1. The Bertz CT molecular complexity index is 695. The summed E-state index contributed by atoms with van der Waals surface area (Å²) < 4.78 is 5.36. The van der Waals surface area contributed by atoms with Gasteiger partial charge in [-0.3, -0.25) is 4.98 Å². The molecule has 5 heteroatoms. The monoisotopic (exact) mass is 342 g/mol. The van der Waals surface area contributed by atoms with E-state index < -0.39 is 0 Å². The van der Waals surface area contributed by atoms with Crippen molar-refractivity contribution in [1.82, 2.24) is 14.8 Å². The summed E-state index contributed by atoms with van der Waals surface area (Å²) in [6.45, 7) is 9.05. The second-order valence-electron chi connectivity index (χ2n) is 6.97. The maximum Gasteiger partial charge on any atom is 0.119 e. The van der Waals surface area contributed by atoms with Gasteiger partial charge in [-0.25, -0.2) is 0 Å². The maximum absolute atomic E-state index is 5.36. The summed E-state index contributed by atoms with van der Waals surface area (Å²) in [6.07, 6.45) is 2.42. The van der Waals surface area contributed by atoms with Crippen molar-refractivity contribution in [3.05, 3.63) is 30.0 Å². The summed E-state index contributed by atoms with van der Waals surface area (Å²) in [4.78, 5) is 9.60. The molecule has 1 saturated heterocycles. The fourth-order valence-electron chi connectivity index (χ4n) is 3.37. The Morgan fingerprint density at radius 3 is 2.68 bits per heavy atom. The van der Waals surface area contributed by atoms with Gasteiger partial charge in [-0.15, -0.1) is 0 Å². The topological polar surface area (TPSA) is 40.6 Å². The fraction of sp³-hybridized carbons (Fsp3) is 0.550. The first kappa shape index (κ1) is 18.0. The largest absolute Gasteiger partial charge is 0.497 e. The first-order valence-corrected chi connectivity index (χ1v) is 9.26. The zero-order chi connectivity index (χ0) is 17.6. The summed E-state index contributed by atoms with van der Waals surface area (Å²) in [6, 6.07) is 8.19. The number of unbranched alkanes of at least 4 members (excludes halogenated alkanes) is 1. The Morgan fingerprint density at radius 2 is 1.92 bits per heavy atom. The molecule has 1 aliphatic rings. The first-order chi connectivity index (χ1) is 12.2. The number of aryl methyl sites for hydroxylation is 1. The van der Waals surface area contributed by atoms with Crippen LogP contribution in [-0.2, 0) is 0 Å². The van der Waals surface area contributed by atoms with Gasteiger partial charge in [0, 0.05) is 49.5 Å². The normalized spacial score (nSPS) is 16.3. The van der Waals surface area contributed by atoms with Crippen LogP contribution in [0, 0.1) is 6.92 Å². The number of anilines is 1. The van der Waals surface area contributed by atoms with Gasteiger partial charge in [-0.2, -0.15) is 0 Å². The number of nitrogens with zero attached hydrogens (tertiary/aromatic N) is 3. The van der Waals surface area contributed by atoms with Gasteiger partial charge in [-0.1, -0.05) is 0 Å². The molecule has 0 radical (unpaired) electrons. The minimum Gasteiger partial charge on any atom is -0.497 e. The van der Waals surface area contributed by atoms with Gasteiger partial charge in [0.2, 0.25) is 0 Å². The van der Waals surface area contributed by atoms with Crippen LogP contribution >= 0.6 is 0 Å². The molecule has 2 aromatic rings. The predicted molar refractivity (Wildman–Crippen MR) is 105 cm³/mol. The van der Waals surface area contributed by atoms with Crippen LogP contribution in [0.5, 0.6) is 5.75 Å². The number of hydrogen-bond acceptors (Lipinski definition) is 5. The number of ether oxygens (including phenoxy) is 1. The van der Waals surface area contributed by atoms with E-state index in [-0.39, 0.29) is 0 Å². The minimum absolute atomic E-state index is 0.872. The van der Waals surface area contributed by atoms with Gasteiger partial charge in [-0.05, 0) is 57.6 Å². The third-order valence-electron chi connectivity index (χ3n) is 4.96. The highest BCUT2D eigenvalue weighted by Gasteiger charge is 2.12. The molecule has 1 aromatic heterocycles. The van der Waals surface area contributed by atoms with Crippen LogP contribution in [0.25, 0.3) is 10.9 Å². The molecule has 0 aliphatic carbocycles. The average Bonchev–Trinajstić information content (AvgIpc) is 2.62. The number of benzene rings is 1. The van der Waals surface area contributed by atoms with E-state index in [1.165, 1.54) is 45.6 Å². The number of pyridine rings is 1. The Kier molecular flexibility index (Phi) is 6.10. The number of nitrogens with one attached hydrogen (secondary N) is 1. The summed E-state index contributed by atoms with van der Waals surface area (Å²) in [5.74, 6) is 0.872. The smallest absolute Gasteiger partial charge is 0.119 e. The number of likely N-dealkylation sites (N-methyl/N-ethyl adjacent to an activating group) is 1. The molecule has 2 heterocycles. The molecule has 25 heavy (non-hydrogen) atoms. The molecule has 0 amide bonds. The Morgan fingerprint density at radius 1 is 1.12 bits per heavy atom. The van der Waals surface area contributed by atoms with Crippen molar-refractivity contribution in [3.8, 4) is 5.75 Å². The van der Waals surface area contributed by atoms with Crippen LogP contribution in [0.3, 0.4) is 0 Å². The summed E-state index contributed by atoms with van der Waals surface area (Å²) in [7, 11) is 3.91. The lowest BCUT2D eigenvalue weighted by atomic mass is 10.1. The maximum atomic E-state index is 5.36. The van der Waals surface area contributed by atoms with Crippen molar-refractivity contribution in [1.29, 1.82) is 0 Å². The van der Waals surface area contributed by atoms with E-state index in [0.29, 0.717) is 0 Å². The zero-order valence-corrected chi connectivity index (χ0v) is 15.7. The fourth-order valence-corrected chi connectivity index (χ4v) is 3.37. The summed E-state index contributed by atoms with van der Waals surface area (Å²) in [5, 5.41) is 4.73. The molecule has 0 unspecified atom stereocenters. The molecule has 1 aromatic carbocycles. The van der Waals surface area contributed by atoms with Crippen molar-refractivity contribution in [2.45, 2.75) is 19.8 Å². The van der Waals surface area contributed by atoms with Crippen LogP contribution in [0.4, 0.5) is 5.69 Å². The van der Waals surface area contributed by atoms with Gasteiger partial charge in [0.05, 0.1) is 12.6 Å². The Balaban J connectivity index is 1.52. The summed E-state index contributed by atoms with van der Waals surface area (Å²) >= 11 is 0. The van der Waals surface area contributed by atoms with E-state index in [4.69, 9.17) is 4.74 Å². The second-order valence-corrected chi connectivity index (χ2v) is 6.97. The molecule has 0 bridgehead atoms. The van der Waals surface area contributed by atoms with Gasteiger partial charge >= 0.3 is 0 Å². The molecule has 1 fully saturated rings. The third kappa shape index (κ3) is 4.83. The standard InChI is InChI=1S/C20H30N4O/c1-16-14-20(18-15-17(25-3)6-7-19(18)22-16)21-8-4-5-9-24-12-10-23(2)11-13-24/h6-7,14-15H,4-5,8-13H2,1-3H3,(H,21,22). The van der Waals surface area contributed by atoms with E-state index in [9.17, 15) is 0 Å². The predicted octanol–water partition coefficient (Wildman–Crippen LogP) is 2.99. The highest BCUT2D eigenvalue weighted by Crippen LogP contribution is 2.27. The lowest BCUT2D eigenvalue weighted by Gasteiger charge is -2.32. The van der Waals surface area contributed by atoms with Crippen molar-refractivity contribution < 1.29 is 4.74 Å². The van der Waals surface area contributed by atoms with Crippen LogP contribution in [0.2, 0.25) is 0 Å². The van der Waals surface area contributed by atoms with E-state index in [0.717, 1.165) is 34.6 Å². The Labute approximate surface area is 151 Å². The van der Waals surface area contributed by atoms with Crippen molar-refractivity contribution in [3.63, 3.8) is 0 Å². The summed E-state index contributed by atoms with van der Waals surface area (Å²) in [5.41, 5.74) is 3.21. The molecule has 3 rings (SSSR count). The number of fused-ring (bicyclic) bond motifs is 1. The van der Waals surface area contributed by atoms with E-state index in [2.05, 4.69) is 39.3 Å². The van der Waals surface area contributed by atoms with Crippen molar-refractivity contribution in [2.24, 2.45) is 0 Å². The number of rotatable bonds is 7. The zero-order valence-electron chi connectivity index (χ0n) is 15.7. The SMILES string of the molecule is COc1ccc2nc(C)cc(NCCCCN3CCN(C)CC3)c2c1. The van der Waals surface area contributed by atoms with Gasteiger partial charge in [0.25, 0.3) is 0 Å². The third-order valence-corrected chi connectivity index (χ3v) is 4.96. The van der Waals surface area contributed by atoms with Crippen LogP contribution in [0.1, 0.15) is 18.5 Å². The molecule has 1 N–H and O–H groups in total. The quantitative estimate of drug-likeness (QED) is 0.784. The molecule has 0 saturated carbocycles. The average molecular weight is 342 g/mol.